The van der Waals surface area contributed by atoms with Gasteiger partial charge in [-0.1, -0.05) is 36.4 Å². The summed E-state index contributed by atoms with van der Waals surface area (Å²) in [5, 5.41) is 28.9. The molecule has 0 amide bonds. The number of carboxylic acids is 2. The summed E-state index contributed by atoms with van der Waals surface area (Å²) in [7, 11) is 3.58. The molecule has 2 aromatic carbocycles. The maximum Gasteiger partial charge on any atom is 0.490 e. The lowest BCUT2D eigenvalue weighted by molar-refractivity contribution is -0.192. The Balaban J connectivity index is 0.000000559. The lowest BCUT2D eigenvalue weighted by Gasteiger charge is -2.61. The van der Waals surface area contributed by atoms with Crippen LogP contribution >= 0.6 is 0 Å². The van der Waals surface area contributed by atoms with E-state index in [-0.39, 0.29) is 25.3 Å². The average molecular weight is 664 g/mol. The van der Waals surface area contributed by atoms with Crippen LogP contribution in [0.1, 0.15) is 48.5 Å². The molecule has 2 aromatic rings. The van der Waals surface area contributed by atoms with E-state index in [0.29, 0.717) is 35.7 Å². The van der Waals surface area contributed by atoms with E-state index < -0.39 is 53.3 Å². The fraction of sp³-hybridized carbons (Fsp3) is 0.438. The van der Waals surface area contributed by atoms with Gasteiger partial charge in [0.2, 0.25) is 6.10 Å². The quantitative estimate of drug-likeness (QED) is 0.353. The minimum Gasteiger partial charge on any atom is -0.493 e. The van der Waals surface area contributed by atoms with E-state index in [1.165, 1.54) is 0 Å². The highest BCUT2D eigenvalue weighted by Gasteiger charge is 2.72. The second kappa shape index (κ2) is 12.5. The van der Waals surface area contributed by atoms with E-state index in [2.05, 4.69) is 4.90 Å². The normalized spacial score (nSPS) is 25.9. The number of carbonyl (C=O) groups is 4. The second-order valence-electron chi connectivity index (χ2n) is 11.7. The van der Waals surface area contributed by atoms with Gasteiger partial charge in [0.1, 0.15) is 5.76 Å². The number of hydrogen-bond acceptors (Lipinski definition) is 10. The van der Waals surface area contributed by atoms with Crippen LogP contribution in [-0.4, -0.2) is 88.7 Å². The first-order chi connectivity index (χ1) is 22.1. The summed E-state index contributed by atoms with van der Waals surface area (Å²) >= 11 is 0. The zero-order valence-electron chi connectivity index (χ0n) is 25.3. The fourth-order valence-electron chi connectivity index (χ4n) is 7.05. The van der Waals surface area contributed by atoms with Gasteiger partial charge in [-0.15, -0.1) is 0 Å². The van der Waals surface area contributed by atoms with Gasteiger partial charge < -0.3 is 39.2 Å². The molecule has 0 unspecified atom stereocenters. The van der Waals surface area contributed by atoms with Gasteiger partial charge in [0.05, 0.1) is 31.0 Å². The van der Waals surface area contributed by atoms with Gasteiger partial charge >= 0.3 is 30.1 Å². The Bertz CT molecular complexity index is 1610. The number of carbonyl (C=O) groups excluding carboxylic acids is 2. The van der Waals surface area contributed by atoms with Crippen molar-refractivity contribution >= 4 is 23.9 Å². The van der Waals surface area contributed by atoms with Crippen molar-refractivity contribution in [3.63, 3.8) is 0 Å². The summed E-state index contributed by atoms with van der Waals surface area (Å²) in [6.45, 7) is 0.738. The Labute approximate surface area is 266 Å². The number of hydrogen-bond donors (Lipinski definition) is 3. The highest BCUT2D eigenvalue weighted by Crippen LogP contribution is 2.65. The highest BCUT2D eigenvalue weighted by molar-refractivity contribution is 5.82. The number of benzene rings is 2. The Hall–Kier alpha value is -4.63. The Kier molecular flexibility index (Phi) is 8.99. The molecule has 1 fully saturated rings. The largest absolute Gasteiger partial charge is 0.493 e. The van der Waals surface area contributed by atoms with Gasteiger partial charge in [-0.05, 0) is 44.1 Å². The summed E-state index contributed by atoms with van der Waals surface area (Å²) in [4.78, 5) is 48.1. The number of alkyl halides is 3. The number of methoxy groups -OCH3 is 1. The number of likely N-dealkylation sites (N-methyl/N-ethyl adjacent to an activating group) is 1. The van der Waals surface area contributed by atoms with Gasteiger partial charge in [-0.25, -0.2) is 9.59 Å². The van der Waals surface area contributed by atoms with Crippen LogP contribution in [0, 0.1) is 0 Å². The van der Waals surface area contributed by atoms with Crippen molar-refractivity contribution in [2.45, 2.75) is 67.5 Å². The molecular formula is C32H32F3NO11. The van der Waals surface area contributed by atoms with Crippen LogP contribution in [0.25, 0.3) is 0 Å². The monoisotopic (exact) mass is 663 g/mol. The molecule has 47 heavy (non-hydrogen) atoms. The summed E-state index contributed by atoms with van der Waals surface area (Å²) in [5.41, 5.74) is 0.394. The number of nitrogens with zero attached hydrogens (tertiary/aromatic N) is 1. The number of aliphatic carboxylic acids is 2. The Morgan fingerprint density at radius 1 is 1.06 bits per heavy atom. The molecule has 1 saturated heterocycles. The molecule has 2 bridgehead atoms. The third-order valence-corrected chi connectivity index (χ3v) is 9.14. The molecule has 0 aromatic heterocycles. The number of likely N-dealkylation sites (tertiary alicyclic amines) is 1. The van der Waals surface area contributed by atoms with Gasteiger partial charge in [0, 0.05) is 23.6 Å². The van der Waals surface area contributed by atoms with Gasteiger partial charge in [0.25, 0.3) is 0 Å². The summed E-state index contributed by atoms with van der Waals surface area (Å²) < 4.78 is 54.7. The molecule has 6 rings (SSSR count). The third kappa shape index (κ3) is 5.89. The zero-order valence-corrected chi connectivity index (χ0v) is 25.3. The van der Waals surface area contributed by atoms with Crippen molar-refractivity contribution < 1.29 is 66.6 Å². The molecule has 15 heteroatoms. The van der Waals surface area contributed by atoms with Gasteiger partial charge in [-0.3, -0.25) is 9.59 Å². The first kappa shape index (κ1) is 33.7. The number of carboxylic acid groups (broad SMARTS) is 2. The lowest BCUT2D eigenvalue weighted by Crippen LogP contribution is -2.74. The van der Waals surface area contributed by atoms with Gasteiger partial charge in [0.15, 0.2) is 17.6 Å². The van der Waals surface area contributed by atoms with Crippen molar-refractivity contribution in [1.82, 2.24) is 4.90 Å². The number of halogens is 3. The van der Waals surface area contributed by atoms with Crippen molar-refractivity contribution in [3.05, 3.63) is 71.0 Å². The minimum atomic E-state index is -5.08. The van der Waals surface area contributed by atoms with E-state index in [9.17, 15) is 37.8 Å². The van der Waals surface area contributed by atoms with Crippen LogP contribution in [0.3, 0.4) is 0 Å². The maximum absolute atomic E-state index is 12.9. The molecule has 2 heterocycles. The minimum absolute atomic E-state index is 0.130. The summed E-state index contributed by atoms with van der Waals surface area (Å²) in [6, 6.07) is 11.9. The number of piperidine rings is 1. The second-order valence-corrected chi connectivity index (χ2v) is 11.7. The first-order valence-electron chi connectivity index (χ1n) is 14.6. The van der Waals surface area contributed by atoms with E-state index in [0.717, 1.165) is 17.7 Å². The van der Waals surface area contributed by atoms with Crippen molar-refractivity contribution in [3.8, 4) is 11.5 Å². The average Bonchev–Trinajstić information content (AvgIpc) is 3.38. The predicted octanol–water partition coefficient (Wildman–Crippen LogP) is 3.30. The molecule has 3 N–H and O–H groups in total. The first-order valence-corrected chi connectivity index (χ1v) is 14.6. The molecule has 5 atom stereocenters. The number of aliphatic hydroxyl groups is 1. The zero-order chi connectivity index (χ0) is 34.3. The van der Waals surface area contributed by atoms with E-state index in [4.69, 9.17) is 28.8 Å². The standard InChI is InChI=1S/C30H31NO9.C2HF3O2/c1-31-15-14-29-24-18-8-9-19(37-2)26(24)40-27(29)20(12-13-30(29,36)21(31)16-18)38-22(32)10-11-23(33)39-25(28(34)35)17-6-4-3-5-7-17;3-2(4,5)1(6)7/h3-9,12,21,25,27,36H,10-11,13-16H2,1-2H3,(H,34,35);(H,6,7)/t21-,25+,27+,29+,30-;/m1./s1. The molecule has 2 aliphatic heterocycles. The fourth-order valence-corrected chi connectivity index (χ4v) is 7.05. The molecule has 12 nitrogen and oxygen atoms in total. The lowest BCUT2D eigenvalue weighted by atomic mass is 9.50. The van der Waals surface area contributed by atoms with Crippen molar-refractivity contribution in [2.24, 2.45) is 0 Å². The Morgan fingerprint density at radius 2 is 1.72 bits per heavy atom. The van der Waals surface area contributed by atoms with E-state index >= 15 is 0 Å². The maximum atomic E-state index is 12.9. The molecule has 252 valence electrons. The van der Waals surface area contributed by atoms with Crippen LogP contribution in [0.15, 0.2) is 54.3 Å². The van der Waals surface area contributed by atoms with Crippen LogP contribution in [0.2, 0.25) is 0 Å². The molecule has 4 aliphatic rings. The van der Waals surface area contributed by atoms with E-state index in [1.807, 2.05) is 19.2 Å². The Morgan fingerprint density at radius 3 is 2.34 bits per heavy atom. The molecule has 1 spiro atoms. The molecule has 2 aliphatic carbocycles. The van der Waals surface area contributed by atoms with Crippen molar-refractivity contribution in [1.29, 1.82) is 0 Å². The third-order valence-electron chi connectivity index (χ3n) is 9.14. The molecular weight excluding hydrogens is 631 g/mol. The number of ether oxygens (including phenoxy) is 4. The number of esters is 2. The van der Waals surface area contributed by atoms with Crippen LogP contribution in [0.5, 0.6) is 11.5 Å². The van der Waals surface area contributed by atoms with Crippen molar-refractivity contribution in [2.75, 3.05) is 20.7 Å². The van der Waals surface area contributed by atoms with Crippen LogP contribution < -0.4 is 9.47 Å². The molecule has 0 radical (unpaired) electrons. The smallest absolute Gasteiger partial charge is 0.490 e. The summed E-state index contributed by atoms with van der Waals surface area (Å²) in [5.74, 6) is -4.15. The van der Waals surface area contributed by atoms with Gasteiger partial charge in [-0.2, -0.15) is 13.2 Å². The topological polar surface area (TPSA) is 169 Å². The van der Waals surface area contributed by atoms with E-state index in [1.54, 1.807) is 43.5 Å². The predicted molar refractivity (Wildman–Crippen MR) is 153 cm³/mol. The molecule has 0 saturated carbocycles. The number of rotatable bonds is 8. The van der Waals surface area contributed by atoms with Crippen LogP contribution in [0.4, 0.5) is 13.2 Å². The SMILES string of the molecule is COc1ccc2c3c1O[C@H]1C(OC(=O)CCC(=O)O[C@H](C(=O)O)c4ccccc4)=CC[C@@]4(O)[C@@H](C2)N(C)CC[C@]314.O=C(O)C(F)(F)F. The van der Waals surface area contributed by atoms with Crippen LogP contribution in [-0.2, 0) is 40.5 Å². The summed E-state index contributed by atoms with van der Waals surface area (Å²) in [6.07, 6.45) is -4.69. The highest BCUT2D eigenvalue weighted by atomic mass is 19.4.